The van der Waals surface area contributed by atoms with Gasteiger partial charge in [0, 0.05) is 16.0 Å². The molecule has 88 valence electrons. The summed E-state index contributed by atoms with van der Waals surface area (Å²) in [4.78, 5) is 8.72. The van der Waals surface area contributed by atoms with E-state index >= 15 is 0 Å². The lowest BCUT2D eigenvalue weighted by atomic mass is 10.1. The highest BCUT2D eigenvalue weighted by Gasteiger charge is 2.02. The number of benzene rings is 1. The number of nitrogen functional groups attached to an aromatic ring is 1. The first-order chi connectivity index (χ1) is 8.72. The summed E-state index contributed by atoms with van der Waals surface area (Å²) in [5.41, 5.74) is 8.18. The smallest absolute Gasteiger partial charge is 0.162 e. The van der Waals surface area contributed by atoms with Crippen LogP contribution in [0.1, 0.15) is 0 Å². The molecular formula is C14H10ClN3. The van der Waals surface area contributed by atoms with Crippen LogP contribution in [0.15, 0.2) is 48.5 Å². The van der Waals surface area contributed by atoms with Gasteiger partial charge in [0.1, 0.15) is 5.82 Å². The van der Waals surface area contributed by atoms with Gasteiger partial charge in [-0.2, -0.15) is 0 Å². The molecule has 18 heavy (non-hydrogen) atoms. The van der Waals surface area contributed by atoms with Crippen LogP contribution in [0.5, 0.6) is 0 Å². The number of anilines is 1. The van der Waals surface area contributed by atoms with Gasteiger partial charge in [0.25, 0.3) is 0 Å². The molecule has 2 aromatic heterocycles. The summed E-state index contributed by atoms with van der Waals surface area (Å²) in [6, 6.07) is 15.2. The third kappa shape index (κ3) is 2.00. The average molecular weight is 256 g/mol. The number of pyridine rings is 2. The maximum Gasteiger partial charge on any atom is 0.162 e. The Morgan fingerprint density at radius 3 is 2.33 bits per heavy atom. The van der Waals surface area contributed by atoms with Crippen LogP contribution in [-0.2, 0) is 0 Å². The molecule has 0 saturated carbocycles. The molecule has 0 aliphatic rings. The Kier molecular flexibility index (Phi) is 2.61. The van der Waals surface area contributed by atoms with Gasteiger partial charge >= 0.3 is 0 Å². The van der Waals surface area contributed by atoms with Crippen molar-refractivity contribution in [1.29, 1.82) is 0 Å². The minimum atomic E-state index is 0.475. The van der Waals surface area contributed by atoms with Gasteiger partial charge in [-0.1, -0.05) is 23.7 Å². The molecule has 0 spiro atoms. The number of halogens is 1. The molecule has 0 aliphatic heterocycles. The second kappa shape index (κ2) is 4.27. The molecule has 3 nitrogen and oxygen atoms in total. The highest BCUT2D eigenvalue weighted by molar-refractivity contribution is 6.30. The van der Waals surface area contributed by atoms with E-state index < -0.39 is 0 Å². The van der Waals surface area contributed by atoms with Crippen molar-refractivity contribution in [2.45, 2.75) is 0 Å². The van der Waals surface area contributed by atoms with Crippen molar-refractivity contribution < 1.29 is 0 Å². The largest absolute Gasteiger partial charge is 0.384 e. The summed E-state index contributed by atoms with van der Waals surface area (Å²) < 4.78 is 0. The van der Waals surface area contributed by atoms with Gasteiger partial charge in [0.15, 0.2) is 5.65 Å². The van der Waals surface area contributed by atoms with Crippen LogP contribution in [0.4, 0.5) is 5.82 Å². The van der Waals surface area contributed by atoms with E-state index in [2.05, 4.69) is 9.97 Å². The van der Waals surface area contributed by atoms with Gasteiger partial charge in [-0.15, -0.1) is 0 Å². The Labute approximate surface area is 109 Å². The predicted octanol–water partition coefficient (Wildman–Crippen LogP) is 3.53. The monoisotopic (exact) mass is 255 g/mol. The molecule has 4 heteroatoms. The Morgan fingerprint density at radius 1 is 0.833 bits per heavy atom. The van der Waals surface area contributed by atoms with Crippen molar-refractivity contribution in [3.05, 3.63) is 53.6 Å². The molecule has 0 saturated heterocycles. The highest BCUT2D eigenvalue weighted by atomic mass is 35.5. The molecule has 3 aromatic rings. The number of fused-ring (bicyclic) bond motifs is 1. The molecule has 0 fully saturated rings. The minimum absolute atomic E-state index is 0.475. The number of aromatic nitrogens is 2. The molecule has 1 aromatic carbocycles. The van der Waals surface area contributed by atoms with E-state index in [1.165, 1.54) is 0 Å². The third-order valence-electron chi connectivity index (χ3n) is 2.71. The Bertz CT molecular complexity index is 708. The Morgan fingerprint density at radius 2 is 1.56 bits per heavy atom. The van der Waals surface area contributed by atoms with Crippen molar-refractivity contribution in [1.82, 2.24) is 9.97 Å². The Balaban J connectivity index is 2.15. The summed E-state index contributed by atoms with van der Waals surface area (Å²) in [7, 11) is 0. The first-order valence-electron chi connectivity index (χ1n) is 5.51. The van der Waals surface area contributed by atoms with Crippen molar-refractivity contribution in [2.24, 2.45) is 0 Å². The van der Waals surface area contributed by atoms with Crippen LogP contribution in [0.3, 0.4) is 0 Å². The van der Waals surface area contributed by atoms with Crippen LogP contribution in [0, 0.1) is 0 Å². The van der Waals surface area contributed by atoms with Crippen molar-refractivity contribution in [2.75, 3.05) is 5.73 Å². The molecular weight excluding hydrogens is 246 g/mol. The molecule has 0 atom stereocenters. The first kappa shape index (κ1) is 11.0. The molecule has 0 bridgehead atoms. The summed E-state index contributed by atoms with van der Waals surface area (Å²) in [5, 5.41) is 1.68. The SMILES string of the molecule is Nc1ccc2ccc(-c3ccc(Cl)cc3)nc2n1. The normalized spacial score (nSPS) is 10.7. The van der Waals surface area contributed by atoms with E-state index in [4.69, 9.17) is 17.3 Å². The maximum absolute atomic E-state index is 5.87. The summed E-state index contributed by atoms with van der Waals surface area (Å²) >= 11 is 5.87. The van der Waals surface area contributed by atoms with Crippen molar-refractivity contribution in [3.63, 3.8) is 0 Å². The minimum Gasteiger partial charge on any atom is -0.384 e. The molecule has 0 radical (unpaired) electrons. The van der Waals surface area contributed by atoms with Gasteiger partial charge in [-0.05, 0) is 36.4 Å². The lowest BCUT2D eigenvalue weighted by Crippen LogP contribution is -1.93. The van der Waals surface area contributed by atoms with E-state index in [0.29, 0.717) is 16.5 Å². The number of hydrogen-bond acceptors (Lipinski definition) is 3. The molecule has 3 rings (SSSR count). The first-order valence-corrected chi connectivity index (χ1v) is 5.89. The zero-order valence-electron chi connectivity index (χ0n) is 9.47. The quantitative estimate of drug-likeness (QED) is 0.724. The van der Waals surface area contributed by atoms with Crippen molar-refractivity contribution in [3.8, 4) is 11.3 Å². The fourth-order valence-corrected chi connectivity index (χ4v) is 1.92. The highest BCUT2D eigenvalue weighted by Crippen LogP contribution is 2.22. The van der Waals surface area contributed by atoms with Crippen LogP contribution >= 0.6 is 11.6 Å². The molecule has 2 heterocycles. The van der Waals surface area contributed by atoms with E-state index in [1.54, 1.807) is 6.07 Å². The molecule has 2 N–H and O–H groups in total. The lowest BCUT2D eigenvalue weighted by Gasteiger charge is -2.03. The van der Waals surface area contributed by atoms with Gasteiger partial charge in [-0.3, -0.25) is 0 Å². The van der Waals surface area contributed by atoms with Crippen LogP contribution < -0.4 is 5.73 Å². The van der Waals surface area contributed by atoms with Gasteiger partial charge in [-0.25, -0.2) is 9.97 Å². The van der Waals surface area contributed by atoms with Crippen LogP contribution in [0.2, 0.25) is 5.02 Å². The van der Waals surface area contributed by atoms with Crippen LogP contribution in [0.25, 0.3) is 22.3 Å². The standard InChI is InChI=1S/C14H10ClN3/c15-11-5-1-9(2-6-11)12-7-3-10-4-8-13(16)18-14(10)17-12/h1-8H,(H2,16,17,18). The van der Waals surface area contributed by atoms with Crippen molar-refractivity contribution >= 4 is 28.5 Å². The topological polar surface area (TPSA) is 51.8 Å². The fourth-order valence-electron chi connectivity index (χ4n) is 1.79. The summed E-state index contributed by atoms with van der Waals surface area (Å²) in [6.07, 6.45) is 0. The van der Waals surface area contributed by atoms with Gasteiger partial charge < -0.3 is 5.73 Å². The van der Waals surface area contributed by atoms with E-state index in [9.17, 15) is 0 Å². The second-order valence-electron chi connectivity index (χ2n) is 3.99. The number of rotatable bonds is 1. The zero-order valence-corrected chi connectivity index (χ0v) is 10.2. The number of nitrogens with two attached hydrogens (primary N) is 1. The van der Waals surface area contributed by atoms with Gasteiger partial charge in [0.05, 0.1) is 5.69 Å². The van der Waals surface area contributed by atoms with Gasteiger partial charge in [0.2, 0.25) is 0 Å². The van der Waals surface area contributed by atoms with Crippen LogP contribution in [-0.4, -0.2) is 9.97 Å². The number of hydrogen-bond donors (Lipinski definition) is 1. The zero-order chi connectivity index (χ0) is 12.5. The molecule has 0 aliphatic carbocycles. The average Bonchev–Trinajstić information content (AvgIpc) is 2.38. The summed E-state index contributed by atoms with van der Waals surface area (Å²) in [5.74, 6) is 0.475. The van der Waals surface area contributed by atoms with E-state index in [1.807, 2.05) is 42.5 Å². The summed E-state index contributed by atoms with van der Waals surface area (Å²) in [6.45, 7) is 0. The fraction of sp³-hybridized carbons (Fsp3) is 0. The number of nitrogens with zero attached hydrogens (tertiary/aromatic N) is 2. The van der Waals surface area contributed by atoms with E-state index in [0.717, 1.165) is 16.6 Å². The third-order valence-corrected chi connectivity index (χ3v) is 2.97. The van der Waals surface area contributed by atoms with E-state index in [-0.39, 0.29) is 0 Å². The molecule has 0 amide bonds. The molecule has 0 unspecified atom stereocenters. The lowest BCUT2D eigenvalue weighted by molar-refractivity contribution is 1.29. The second-order valence-corrected chi connectivity index (χ2v) is 4.42. The maximum atomic E-state index is 5.87. The Hall–Kier alpha value is -2.13. The predicted molar refractivity (Wildman–Crippen MR) is 74.4 cm³/mol.